The fourth-order valence-corrected chi connectivity index (χ4v) is 3.64. The molecule has 146 valence electrons. The van der Waals surface area contributed by atoms with Crippen LogP contribution in [-0.4, -0.2) is 66.0 Å². The van der Waals surface area contributed by atoms with Crippen molar-refractivity contribution in [3.8, 4) is 5.75 Å². The third kappa shape index (κ3) is 4.40. The Morgan fingerprint density at radius 3 is 2.63 bits per heavy atom. The summed E-state index contributed by atoms with van der Waals surface area (Å²) in [4.78, 5) is 27.8. The number of hydrogen-bond donors (Lipinski definition) is 4. The summed E-state index contributed by atoms with van der Waals surface area (Å²) in [7, 11) is 5.13. The van der Waals surface area contributed by atoms with E-state index in [-0.39, 0.29) is 6.03 Å². The van der Waals surface area contributed by atoms with Gasteiger partial charge in [-0.1, -0.05) is 12.1 Å². The van der Waals surface area contributed by atoms with Crippen molar-refractivity contribution in [1.29, 1.82) is 0 Å². The van der Waals surface area contributed by atoms with Gasteiger partial charge in [-0.05, 0) is 17.7 Å². The molecular formula is C19H28N4O4+2. The molecule has 0 spiro atoms. The van der Waals surface area contributed by atoms with Gasteiger partial charge in [-0.3, -0.25) is 0 Å². The zero-order valence-corrected chi connectivity index (χ0v) is 16.1. The van der Waals surface area contributed by atoms with E-state index < -0.39 is 12.0 Å². The molecule has 2 heterocycles. The summed E-state index contributed by atoms with van der Waals surface area (Å²) >= 11 is 0. The smallest absolute Gasteiger partial charge is 0.338 e. The summed E-state index contributed by atoms with van der Waals surface area (Å²) in [5.74, 6) is 0.225. The Labute approximate surface area is 159 Å². The normalized spacial score (nSPS) is 25.4. The number of quaternary nitrogens is 2. The monoisotopic (exact) mass is 376 g/mol. The van der Waals surface area contributed by atoms with Crippen LogP contribution in [0.4, 0.5) is 4.79 Å². The molecule has 0 bridgehead atoms. The number of carbonyl (C=O) groups excluding carboxylic acids is 2. The predicted molar refractivity (Wildman–Crippen MR) is 98.6 cm³/mol. The van der Waals surface area contributed by atoms with Crippen molar-refractivity contribution in [2.45, 2.75) is 6.04 Å². The van der Waals surface area contributed by atoms with Crippen LogP contribution >= 0.6 is 0 Å². The Balaban J connectivity index is 1.95. The minimum absolute atomic E-state index is 0.315. The van der Waals surface area contributed by atoms with Gasteiger partial charge in [-0.25, -0.2) is 9.59 Å². The zero-order chi connectivity index (χ0) is 19.4. The van der Waals surface area contributed by atoms with E-state index in [1.165, 1.54) is 16.9 Å². The molecule has 0 aromatic heterocycles. The van der Waals surface area contributed by atoms with Crippen LogP contribution in [0.3, 0.4) is 0 Å². The number of nitrogens with one attached hydrogen (secondary N) is 4. The molecule has 1 aromatic rings. The molecule has 2 amide bonds. The molecule has 1 aromatic carbocycles. The van der Waals surface area contributed by atoms with E-state index in [1.807, 2.05) is 24.3 Å². The molecule has 0 saturated carbocycles. The van der Waals surface area contributed by atoms with Gasteiger partial charge < -0.3 is 29.9 Å². The van der Waals surface area contributed by atoms with Crippen molar-refractivity contribution < 1.29 is 28.9 Å². The topological polar surface area (TPSA) is 85.5 Å². The first-order chi connectivity index (χ1) is 13.0. The van der Waals surface area contributed by atoms with E-state index in [9.17, 15) is 9.59 Å². The summed E-state index contributed by atoms with van der Waals surface area (Å²) in [5, 5.41) is 5.68. The van der Waals surface area contributed by atoms with E-state index in [4.69, 9.17) is 9.47 Å². The van der Waals surface area contributed by atoms with Gasteiger partial charge in [0.05, 0.1) is 38.6 Å². The largest absolute Gasteiger partial charge is 0.497 e. The molecule has 0 unspecified atom stereocenters. The van der Waals surface area contributed by atoms with E-state index in [1.54, 1.807) is 7.11 Å². The van der Waals surface area contributed by atoms with Gasteiger partial charge >= 0.3 is 12.0 Å². The highest BCUT2D eigenvalue weighted by Crippen LogP contribution is 2.29. The van der Waals surface area contributed by atoms with E-state index in [0.29, 0.717) is 23.6 Å². The Morgan fingerprint density at radius 2 is 1.96 bits per heavy atom. The van der Waals surface area contributed by atoms with Crippen LogP contribution in [0.2, 0.25) is 0 Å². The molecular weight excluding hydrogens is 348 g/mol. The van der Waals surface area contributed by atoms with E-state index >= 15 is 0 Å². The Morgan fingerprint density at radius 1 is 1.22 bits per heavy atom. The van der Waals surface area contributed by atoms with Gasteiger partial charge in [0.15, 0.2) is 0 Å². The van der Waals surface area contributed by atoms with Crippen molar-refractivity contribution >= 4 is 12.0 Å². The number of piperazine rings is 1. The first-order valence-electron chi connectivity index (χ1n) is 9.19. The van der Waals surface area contributed by atoms with Crippen molar-refractivity contribution in [3.05, 3.63) is 41.1 Å². The number of amides is 2. The van der Waals surface area contributed by atoms with Gasteiger partial charge in [-0.2, -0.15) is 0 Å². The van der Waals surface area contributed by atoms with Gasteiger partial charge in [0, 0.05) is 0 Å². The van der Waals surface area contributed by atoms with Crippen molar-refractivity contribution in [3.63, 3.8) is 0 Å². The lowest BCUT2D eigenvalue weighted by molar-refractivity contribution is -1.00. The standard InChI is InChI=1S/C19H26N4O4/c1-22-7-9-23(10-8-22)12-15-16(18(24)27-3)17(21-19(25)20-15)13-5-4-6-14(11-13)26-2/h4-6,11,17H,7-10,12H2,1-3H3,(H2,20,21,25)/p+2/t17-/m1/s1. The number of likely N-dealkylation sites (N-methyl/N-ethyl adjacent to an activating group) is 1. The van der Waals surface area contributed by atoms with Crippen LogP contribution in [0.15, 0.2) is 35.5 Å². The number of carbonyl (C=O) groups is 2. The SMILES string of the molecule is COC(=O)C1=C(C[NH+]2CC[NH+](C)CC2)NC(=O)N[C@@H]1c1cccc(OC)c1. The van der Waals surface area contributed by atoms with Crippen molar-refractivity contribution in [2.24, 2.45) is 0 Å². The first kappa shape index (κ1) is 19.2. The maximum absolute atomic E-state index is 12.6. The van der Waals surface area contributed by atoms with Gasteiger partial charge in [0.2, 0.25) is 0 Å². The second-order valence-corrected chi connectivity index (χ2v) is 7.08. The summed E-state index contributed by atoms with van der Waals surface area (Å²) in [6, 6.07) is 6.46. The van der Waals surface area contributed by atoms with Gasteiger partial charge in [0.1, 0.15) is 38.5 Å². The highest BCUT2D eigenvalue weighted by atomic mass is 16.5. The van der Waals surface area contributed by atoms with Gasteiger partial charge in [-0.15, -0.1) is 0 Å². The molecule has 0 aliphatic carbocycles. The second kappa shape index (κ2) is 8.41. The fourth-order valence-electron chi connectivity index (χ4n) is 3.64. The van der Waals surface area contributed by atoms with Crippen molar-refractivity contribution in [1.82, 2.24) is 10.6 Å². The molecule has 4 N–H and O–H groups in total. The summed E-state index contributed by atoms with van der Waals surface area (Å²) < 4.78 is 10.3. The Kier molecular flexibility index (Phi) is 5.98. The summed E-state index contributed by atoms with van der Waals surface area (Å²) in [5.41, 5.74) is 1.86. The number of urea groups is 1. The van der Waals surface area contributed by atoms with Crippen LogP contribution in [0, 0.1) is 0 Å². The lowest BCUT2D eigenvalue weighted by atomic mass is 9.94. The molecule has 27 heavy (non-hydrogen) atoms. The minimum Gasteiger partial charge on any atom is -0.497 e. The van der Waals surface area contributed by atoms with Crippen LogP contribution in [0.5, 0.6) is 5.75 Å². The maximum Gasteiger partial charge on any atom is 0.338 e. The highest BCUT2D eigenvalue weighted by Gasteiger charge is 2.35. The Hall–Kier alpha value is -2.58. The zero-order valence-electron chi connectivity index (χ0n) is 16.1. The number of rotatable bonds is 5. The lowest BCUT2D eigenvalue weighted by Crippen LogP contribution is -3.27. The average Bonchev–Trinajstić information content (AvgIpc) is 2.68. The predicted octanol–water partition coefficient (Wildman–Crippen LogP) is -2.11. The van der Waals surface area contributed by atoms with Crippen LogP contribution in [0.1, 0.15) is 11.6 Å². The molecule has 0 radical (unpaired) electrons. The van der Waals surface area contributed by atoms with E-state index in [2.05, 4.69) is 17.7 Å². The molecule has 8 heteroatoms. The van der Waals surface area contributed by atoms with Crippen LogP contribution in [0.25, 0.3) is 0 Å². The van der Waals surface area contributed by atoms with Gasteiger partial charge in [0.25, 0.3) is 0 Å². The molecule has 1 atom stereocenters. The summed E-state index contributed by atoms with van der Waals surface area (Å²) in [6.07, 6.45) is 0. The van der Waals surface area contributed by atoms with Crippen molar-refractivity contribution in [2.75, 3.05) is 54.0 Å². The molecule has 3 rings (SSSR count). The number of hydrogen-bond acceptors (Lipinski definition) is 4. The molecule has 8 nitrogen and oxygen atoms in total. The minimum atomic E-state index is -0.575. The molecule has 1 fully saturated rings. The molecule has 2 aliphatic heterocycles. The summed E-state index contributed by atoms with van der Waals surface area (Å²) in [6.45, 7) is 4.72. The second-order valence-electron chi connectivity index (χ2n) is 7.08. The number of methoxy groups -OCH3 is 2. The molecule has 2 aliphatic rings. The number of ether oxygens (including phenoxy) is 2. The third-order valence-electron chi connectivity index (χ3n) is 5.22. The first-order valence-corrected chi connectivity index (χ1v) is 9.19. The van der Waals surface area contributed by atoms with Crippen LogP contribution in [-0.2, 0) is 9.53 Å². The third-order valence-corrected chi connectivity index (χ3v) is 5.22. The van der Waals surface area contributed by atoms with E-state index in [0.717, 1.165) is 31.7 Å². The fraction of sp³-hybridized carbons (Fsp3) is 0.474. The average molecular weight is 376 g/mol. The molecule has 1 saturated heterocycles. The highest BCUT2D eigenvalue weighted by molar-refractivity contribution is 5.95. The lowest BCUT2D eigenvalue weighted by Gasteiger charge is -2.32. The number of esters is 1. The maximum atomic E-state index is 12.6. The quantitative estimate of drug-likeness (QED) is 0.443. The van der Waals surface area contributed by atoms with Crippen LogP contribution < -0.4 is 25.2 Å². The number of benzene rings is 1. The Bertz CT molecular complexity index is 741.